The molecule has 8 heteroatoms. The molecular weight excluding hydrogens is 412 g/mol. The van der Waals surface area contributed by atoms with E-state index in [1.165, 1.54) is 23.9 Å². The monoisotopic (exact) mass is 432 g/mol. The van der Waals surface area contributed by atoms with E-state index in [1.54, 1.807) is 35.6 Å². The summed E-state index contributed by atoms with van der Waals surface area (Å²) in [6.45, 7) is 3.90. The highest BCUT2D eigenvalue weighted by Gasteiger charge is 2.15. The SMILES string of the molecule is Cc1ccc(NS(=O)(=O)c2ccc(NC(=O)CSc3cccs3)cc2)cc1C. The van der Waals surface area contributed by atoms with Crippen LogP contribution in [-0.2, 0) is 14.8 Å². The van der Waals surface area contributed by atoms with Crippen molar-refractivity contribution in [2.75, 3.05) is 15.8 Å². The first kappa shape index (κ1) is 20.4. The van der Waals surface area contributed by atoms with Gasteiger partial charge in [-0.1, -0.05) is 12.1 Å². The summed E-state index contributed by atoms with van der Waals surface area (Å²) in [4.78, 5) is 12.2. The van der Waals surface area contributed by atoms with Crippen LogP contribution in [-0.4, -0.2) is 20.1 Å². The summed E-state index contributed by atoms with van der Waals surface area (Å²) in [5.74, 6) is 0.164. The number of nitrogens with one attached hydrogen (secondary N) is 2. The number of aryl methyl sites for hydroxylation is 2. The Morgan fingerprint density at radius 3 is 2.36 bits per heavy atom. The van der Waals surface area contributed by atoms with Crippen LogP contribution < -0.4 is 10.0 Å². The Labute approximate surface area is 173 Å². The van der Waals surface area contributed by atoms with E-state index in [1.807, 2.05) is 37.4 Å². The summed E-state index contributed by atoms with van der Waals surface area (Å²) in [5.41, 5.74) is 3.19. The van der Waals surface area contributed by atoms with Crippen LogP contribution >= 0.6 is 23.1 Å². The van der Waals surface area contributed by atoms with E-state index in [0.29, 0.717) is 17.1 Å². The second-order valence-electron chi connectivity index (χ2n) is 6.20. The first-order chi connectivity index (χ1) is 13.3. The van der Waals surface area contributed by atoms with Crippen molar-refractivity contribution in [3.63, 3.8) is 0 Å². The van der Waals surface area contributed by atoms with Gasteiger partial charge in [-0.05, 0) is 72.8 Å². The van der Waals surface area contributed by atoms with Gasteiger partial charge in [0.05, 0.1) is 14.9 Å². The Morgan fingerprint density at radius 1 is 1.00 bits per heavy atom. The maximum Gasteiger partial charge on any atom is 0.261 e. The lowest BCUT2D eigenvalue weighted by atomic mass is 10.1. The van der Waals surface area contributed by atoms with Crippen LogP contribution in [0.3, 0.4) is 0 Å². The first-order valence-corrected chi connectivity index (χ1v) is 11.8. The number of thioether (sulfide) groups is 1. The van der Waals surface area contributed by atoms with Gasteiger partial charge in [0, 0.05) is 11.4 Å². The largest absolute Gasteiger partial charge is 0.325 e. The number of rotatable bonds is 7. The highest BCUT2D eigenvalue weighted by molar-refractivity contribution is 8.01. The Kier molecular flexibility index (Phi) is 6.43. The van der Waals surface area contributed by atoms with Crippen molar-refractivity contribution in [3.05, 3.63) is 71.1 Å². The Balaban J connectivity index is 1.62. The Bertz CT molecular complexity index is 1060. The van der Waals surface area contributed by atoms with E-state index >= 15 is 0 Å². The molecule has 0 bridgehead atoms. The first-order valence-electron chi connectivity index (χ1n) is 8.50. The number of hydrogen-bond donors (Lipinski definition) is 2. The summed E-state index contributed by atoms with van der Waals surface area (Å²) in [6.07, 6.45) is 0. The molecule has 0 atom stereocenters. The van der Waals surface area contributed by atoms with Crippen molar-refractivity contribution >= 4 is 50.4 Å². The summed E-state index contributed by atoms with van der Waals surface area (Å²) in [5, 5.41) is 4.74. The van der Waals surface area contributed by atoms with Crippen LogP contribution in [0.25, 0.3) is 0 Å². The van der Waals surface area contributed by atoms with Crippen molar-refractivity contribution in [1.29, 1.82) is 0 Å². The minimum atomic E-state index is -3.69. The molecule has 1 amide bonds. The van der Waals surface area contributed by atoms with Gasteiger partial charge >= 0.3 is 0 Å². The predicted molar refractivity (Wildman–Crippen MR) is 117 cm³/mol. The molecule has 0 saturated carbocycles. The lowest BCUT2D eigenvalue weighted by Crippen LogP contribution is -2.15. The van der Waals surface area contributed by atoms with E-state index in [0.717, 1.165) is 15.3 Å². The van der Waals surface area contributed by atoms with Crippen molar-refractivity contribution < 1.29 is 13.2 Å². The van der Waals surface area contributed by atoms with Crippen molar-refractivity contribution in [1.82, 2.24) is 0 Å². The number of benzene rings is 2. The fourth-order valence-electron chi connectivity index (χ4n) is 2.42. The van der Waals surface area contributed by atoms with Crippen molar-refractivity contribution in [2.45, 2.75) is 23.0 Å². The van der Waals surface area contributed by atoms with Gasteiger partial charge in [0.15, 0.2) is 0 Å². The number of carbonyl (C=O) groups is 1. The van der Waals surface area contributed by atoms with Crippen LogP contribution in [0.15, 0.2) is 69.1 Å². The second kappa shape index (κ2) is 8.81. The third-order valence-corrected chi connectivity index (χ3v) is 7.58. The van der Waals surface area contributed by atoms with E-state index in [9.17, 15) is 13.2 Å². The second-order valence-corrected chi connectivity index (χ2v) is 10.1. The molecule has 0 saturated heterocycles. The molecule has 1 aromatic heterocycles. The quantitative estimate of drug-likeness (QED) is 0.521. The molecular formula is C20H20N2O3S3. The van der Waals surface area contributed by atoms with Gasteiger partial charge in [0.2, 0.25) is 5.91 Å². The van der Waals surface area contributed by atoms with Crippen LogP contribution in [0.2, 0.25) is 0 Å². The summed E-state index contributed by atoms with van der Waals surface area (Å²) in [6, 6.07) is 15.4. The van der Waals surface area contributed by atoms with E-state index in [-0.39, 0.29) is 10.8 Å². The molecule has 0 spiro atoms. The molecule has 2 N–H and O–H groups in total. The average Bonchev–Trinajstić information content (AvgIpc) is 3.17. The molecule has 0 fully saturated rings. The van der Waals surface area contributed by atoms with E-state index < -0.39 is 10.0 Å². The zero-order chi connectivity index (χ0) is 20.1. The number of thiophene rings is 1. The summed E-state index contributed by atoms with van der Waals surface area (Å²) in [7, 11) is -3.69. The highest BCUT2D eigenvalue weighted by atomic mass is 32.2. The topological polar surface area (TPSA) is 75.3 Å². The molecule has 5 nitrogen and oxygen atoms in total. The van der Waals surface area contributed by atoms with Crippen LogP contribution in [0.1, 0.15) is 11.1 Å². The van der Waals surface area contributed by atoms with Gasteiger partial charge in [-0.3, -0.25) is 9.52 Å². The highest BCUT2D eigenvalue weighted by Crippen LogP contribution is 2.24. The third-order valence-electron chi connectivity index (χ3n) is 4.05. The molecule has 0 aliphatic heterocycles. The predicted octanol–water partition coefficient (Wildman–Crippen LogP) is 4.90. The fraction of sp³-hybridized carbons (Fsp3) is 0.150. The van der Waals surface area contributed by atoms with Crippen LogP contribution in [0.5, 0.6) is 0 Å². The average molecular weight is 433 g/mol. The molecule has 1 heterocycles. The lowest BCUT2D eigenvalue weighted by molar-refractivity contribution is -0.113. The number of hydrogen-bond acceptors (Lipinski definition) is 5. The molecule has 0 aliphatic carbocycles. The Hall–Kier alpha value is -2.29. The summed E-state index contributed by atoms with van der Waals surface area (Å²) >= 11 is 3.05. The lowest BCUT2D eigenvalue weighted by Gasteiger charge is -2.11. The smallest absolute Gasteiger partial charge is 0.261 e. The van der Waals surface area contributed by atoms with Crippen molar-refractivity contribution in [3.8, 4) is 0 Å². The molecule has 2 aromatic carbocycles. The normalized spacial score (nSPS) is 11.2. The zero-order valence-corrected chi connectivity index (χ0v) is 17.9. The molecule has 3 aromatic rings. The van der Waals surface area contributed by atoms with Crippen LogP contribution in [0.4, 0.5) is 11.4 Å². The molecule has 0 unspecified atom stereocenters. The standard InChI is InChI=1S/C20H20N2O3S3/c1-14-5-6-17(12-15(14)2)22-28(24,25)18-9-7-16(8-10-18)21-19(23)13-27-20-4-3-11-26-20/h3-12,22H,13H2,1-2H3,(H,21,23). The maximum absolute atomic E-state index is 12.6. The molecule has 146 valence electrons. The zero-order valence-electron chi connectivity index (χ0n) is 15.4. The minimum absolute atomic E-state index is 0.136. The fourth-order valence-corrected chi connectivity index (χ4v) is 5.05. The maximum atomic E-state index is 12.6. The van der Waals surface area contributed by atoms with E-state index in [4.69, 9.17) is 0 Å². The number of amides is 1. The van der Waals surface area contributed by atoms with Crippen LogP contribution in [0, 0.1) is 13.8 Å². The van der Waals surface area contributed by atoms with Gasteiger partial charge in [-0.25, -0.2) is 8.42 Å². The molecule has 3 rings (SSSR count). The minimum Gasteiger partial charge on any atom is -0.325 e. The third kappa shape index (κ3) is 5.37. The Morgan fingerprint density at radius 2 is 1.71 bits per heavy atom. The van der Waals surface area contributed by atoms with Gasteiger partial charge in [0.25, 0.3) is 10.0 Å². The van der Waals surface area contributed by atoms with Gasteiger partial charge in [-0.2, -0.15) is 0 Å². The number of sulfonamides is 1. The molecule has 0 aliphatic rings. The molecule has 0 radical (unpaired) electrons. The number of anilines is 2. The van der Waals surface area contributed by atoms with Gasteiger partial charge in [-0.15, -0.1) is 23.1 Å². The number of carbonyl (C=O) groups excluding carboxylic acids is 1. The van der Waals surface area contributed by atoms with E-state index in [2.05, 4.69) is 10.0 Å². The van der Waals surface area contributed by atoms with Crippen molar-refractivity contribution in [2.24, 2.45) is 0 Å². The molecule has 28 heavy (non-hydrogen) atoms. The van der Waals surface area contributed by atoms with Gasteiger partial charge in [0.1, 0.15) is 0 Å². The summed E-state index contributed by atoms with van der Waals surface area (Å²) < 4.78 is 28.8. The van der Waals surface area contributed by atoms with Gasteiger partial charge < -0.3 is 5.32 Å².